The molecule has 1 amide bonds. The van der Waals surface area contributed by atoms with E-state index in [2.05, 4.69) is 11.4 Å². The number of allylic oxidation sites excluding steroid dienone is 1. The fourth-order valence-corrected chi connectivity index (χ4v) is 3.69. The summed E-state index contributed by atoms with van der Waals surface area (Å²) in [5.41, 5.74) is 0.0674. The Bertz CT molecular complexity index is 395. The van der Waals surface area contributed by atoms with Crippen molar-refractivity contribution in [1.82, 2.24) is 10.4 Å². The molecule has 2 aliphatic rings. The Morgan fingerprint density at radius 3 is 2.30 bits per heavy atom. The summed E-state index contributed by atoms with van der Waals surface area (Å²) in [6, 6.07) is 0.0838. The topological polar surface area (TPSA) is 52.2 Å². The molecule has 0 saturated carbocycles. The van der Waals surface area contributed by atoms with Gasteiger partial charge in [0.15, 0.2) is 0 Å². The van der Waals surface area contributed by atoms with E-state index in [1.54, 1.807) is 0 Å². The van der Waals surface area contributed by atoms with Crippen LogP contribution >= 0.6 is 0 Å². The molecule has 20 heavy (non-hydrogen) atoms. The smallest absolute Gasteiger partial charge is 0.247 e. The molecule has 0 aromatic carbocycles. The molecule has 4 heteroatoms. The number of hydrogen-bond donors (Lipinski definition) is 1. The summed E-state index contributed by atoms with van der Waals surface area (Å²) in [5, 5.41) is 16.6. The molecule has 1 aliphatic heterocycles. The minimum absolute atomic E-state index is 0.0700. The van der Waals surface area contributed by atoms with Gasteiger partial charge in [-0.15, -0.1) is 10.3 Å². The molecule has 1 saturated heterocycles. The molecule has 0 aromatic rings. The van der Waals surface area contributed by atoms with Crippen LogP contribution in [0.15, 0.2) is 11.6 Å². The molecule has 1 fully saturated rings. The lowest BCUT2D eigenvalue weighted by atomic mass is 9.79. The van der Waals surface area contributed by atoms with Gasteiger partial charge in [0.1, 0.15) is 0 Å². The predicted molar refractivity (Wildman–Crippen MR) is 78.4 cm³/mol. The highest BCUT2D eigenvalue weighted by Crippen LogP contribution is 2.37. The van der Waals surface area contributed by atoms with Crippen LogP contribution in [0.4, 0.5) is 0 Å². The van der Waals surface area contributed by atoms with E-state index in [1.165, 1.54) is 11.5 Å². The van der Waals surface area contributed by atoms with Gasteiger partial charge >= 0.3 is 0 Å². The van der Waals surface area contributed by atoms with Gasteiger partial charge in [0.25, 0.3) is 0 Å². The number of rotatable bonds is 2. The van der Waals surface area contributed by atoms with Crippen LogP contribution in [0, 0.1) is 0 Å². The van der Waals surface area contributed by atoms with Crippen molar-refractivity contribution in [3.8, 4) is 0 Å². The summed E-state index contributed by atoms with van der Waals surface area (Å²) >= 11 is 0. The van der Waals surface area contributed by atoms with Gasteiger partial charge in [-0.3, -0.25) is 4.79 Å². The number of carbonyl (C=O) groups is 1. The lowest BCUT2D eigenvalue weighted by Gasteiger charge is -2.50. The maximum Gasteiger partial charge on any atom is 0.247 e. The average Bonchev–Trinajstić information content (AvgIpc) is 2.36. The molecule has 0 spiro atoms. The van der Waals surface area contributed by atoms with Crippen LogP contribution in [0.2, 0.25) is 0 Å². The van der Waals surface area contributed by atoms with E-state index in [4.69, 9.17) is 0 Å². The first-order valence-electron chi connectivity index (χ1n) is 7.70. The molecule has 1 N–H and O–H groups in total. The standard InChI is InChI=1S/C16H27N2O2/c1-15(2)10-13(11-16(3,4)18(15)20)17-14(19)12-8-6-5-7-9-12/h8,13H,5-7,9-11H2,1-4H3,(H,17,19). The Kier molecular flexibility index (Phi) is 4.26. The van der Waals surface area contributed by atoms with Crippen molar-refractivity contribution in [3.63, 3.8) is 0 Å². The third-order valence-corrected chi connectivity index (χ3v) is 4.51. The van der Waals surface area contributed by atoms with Gasteiger partial charge in [0, 0.05) is 22.7 Å². The van der Waals surface area contributed by atoms with Gasteiger partial charge in [-0.2, -0.15) is 0 Å². The van der Waals surface area contributed by atoms with Crippen molar-refractivity contribution in [2.75, 3.05) is 0 Å². The van der Waals surface area contributed by atoms with Gasteiger partial charge in [0.05, 0.1) is 0 Å². The summed E-state index contributed by atoms with van der Waals surface area (Å²) in [6.45, 7) is 7.83. The first kappa shape index (κ1) is 15.5. The first-order chi connectivity index (χ1) is 9.22. The summed E-state index contributed by atoms with van der Waals surface area (Å²) in [4.78, 5) is 12.3. The van der Waals surface area contributed by atoms with Crippen LogP contribution in [0.1, 0.15) is 66.2 Å². The molecule has 113 valence electrons. The molecule has 0 atom stereocenters. The van der Waals surface area contributed by atoms with Crippen LogP contribution in [0.25, 0.3) is 0 Å². The molecule has 2 rings (SSSR count). The number of amides is 1. The molecule has 4 nitrogen and oxygen atoms in total. The van der Waals surface area contributed by atoms with Crippen LogP contribution in [0.5, 0.6) is 0 Å². The molecular weight excluding hydrogens is 252 g/mol. The Hall–Kier alpha value is -0.870. The number of hydroxylamine groups is 2. The third kappa shape index (κ3) is 3.23. The van der Waals surface area contributed by atoms with Crippen LogP contribution in [0.3, 0.4) is 0 Å². The monoisotopic (exact) mass is 279 g/mol. The van der Waals surface area contributed by atoms with Crippen LogP contribution in [-0.4, -0.2) is 28.1 Å². The molecule has 0 aromatic heterocycles. The number of hydrogen-bond acceptors (Lipinski definition) is 2. The lowest BCUT2D eigenvalue weighted by molar-refractivity contribution is -0.289. The van der Waals surface area contributed by atoms with E-state index in [9.17, 15) is 10.0 Å². The van der Waals surface area contributed by atoms with Crippen LogP contribution in [-0.2, 0) is 10.0 Å². The van der Waals surface area contributed by atoms with E-state index in [0.717, 1.165) is 24.8 Å². The highest BCUT2D eigenvalue weighted by molar-refractivity contribution is 5.93. The van der Waals surface area contributed by atoms with E-state index < -0.39 is 11.1 Å². The van der Waals surface area contributed by atoms with E-state index in [1.807, 2.05) is 27.7 Å². The Morgan fingerprint density at radius 2 is 1.80 bits per heavy atom. The molecular formula is C16H27N2O2. The minimum atomic E-state index is -0.430. The van der Waals surface area contributed by atoms with E-state index in [0.29, 0.717) is 12.8 Å². The highest BCUT2D eigenvalue weighted by atomic mass is 16.5. The maximum absolute atomic E-state index is 12.3. The number of piperidine rings is 1. The third-order valence-electron chi connectivity index (χ3n) is 4.51. The SMILES string of the molecule is CC1(C)CC(NC(=O)C2=CCCCC2)CC(C)(C)N1[O]. The fourth-order valence-electron chi connectivity index (χ4n) is 3.69. The van der Waals surface area contributed by atoms with Crippen molar-refractivity contribution in [2.45, 2.75) is 83.3 Å². The Morgan fingerprint density at radius 1 is 1.20 bits per heavy atom. The molecule has 1 aliphatic carbocycles. The predicted octanol–water partition coefficient (Wildman–Crippen LogP) is 2.97. The van der Waals surface area contributed by atoms with Crippen molar-refractivity contribution in [1.29, 1.82) is 0 Å². The molecule has 1 heterocycles. The fraction of sp³-hybridized carbons (Fsp3) is 0.812. The molecule has 0 bridgehead atoms. The Balaban J connectivity index is 2.03. The second-order valence-electron chi connectivity index (χ2n) is 7.47. The van der Waals surface area contributed by atoms with Gasteiger partial charge in [-0.1, -0.05) is 6.08 Å². The quantitative estimate of drug-likeness (QED) is 0.845. The summed E-state index contributed by atoms with van der Waals surface area (Å²) in [5.74, 6) is 0.0700. The van der Waals surface area contributed by atoms with Crippen molar-refractivity contribution >= 4 is 5.91 Å². The van der Waals surface area contributed by atoms with Gasteiger partial charge in [-0.25, -0.2) is 0 Å². The van der Waals surface area contributed by atoms with E-state index in [-0.39, 0.29) is 11.9 Å². The van der Waals surface area contributed by atoms with Crippen molar-refractivity contribution in [2.24, 2.45) is 0 Å². The summed E-state index contributed by atoms with van der Waals surface area (Å²) < 4.78 is 0. The maximum atomic E-state index is 12.3. The second kappa shape index (κ2) is 5.49. The number of nitrogens with one attached hydrogen (secondary N) is 1. The first-order valence-corrected chi connectivity index (χ1v) is 7.70. The zero-order valence-electron chi connectivity index (χ0n) is 13.2. The second-order valence-corrected chi connectivity index (χ2v) is 7.47. The Labute approximate surface area is 122 Å². The zero-order valence-corrected chi connectivity index (χ0v) is 13.2. The van der Waals surface area contributed by atoms with Gasteiger partial charge in [0.2, 0.25) is 5.91 Å². The van der Waals surface area contributed by atoms with Gasteiger partial charge < -0.3 is 5.32 Å². The number of nitrogens with zero attached hydrogens (tertiary/aromatic N) is 1. The van der Waals surface area contributed by atoms with E-state index >= 15 is 0 Å². The number of carbonyl (C=O) groups excluding carboxylic acids is 1. The zero-order chi connectivity index (χ0) is 15.0. The lowest BCUT2D eigenvalue weighted by Crippen LogP contribution is -2.62. The summed E-state index contributed by atoms with van der Waals surface area (Å²) in [7, 11) is 0. The van der Waals surface area contributed by atoms with Crippen molar-refractivity contribution in [3.05, 3.63) is 11.6 Å². The molecule has 1 radical (unpaired) electrons. The molecule has 0 unspecified atom stereocenters. The van der Waals surface area contributed by atoms with Crippen molar-refractivity contribution < 1.29 is 10.0 Å². The highest BCUT2D eigenvalue weighted by Gasteiger charge is 2.46. The minimum Gasteiger partial charge on any atom is -0.349 e. The van der Waals surface area contributed by atoms with Crippen LogP contribution < -0.4 is 5.32 Å². The normalized spacial score (nSPS) is 26.9. The van der Waals surface area contributed by atoms with Gasteiger partial charge in [-0.05, 0) is 66.2 Å². The average molecular weight is 279 g/mol. The largest absolute Gasteiger partial charge is 0.349 e. The summed E-state index contributed by atoms with van der Waals surface area (Å²) in [6.07, 6.45) is 7.67.